The van der Waals surface area contributed by atoms with Crippen LogP contribution in [0.2, 0.25) is 0 Å². The van der Waals surface area contributed by atoms with E-state index in [1.165, 1.54) is 0 Å². The number of carbonyl (C=O) groups excluding carboxylic acids is 1. The predicted molar refractivity (Wildman–Crippen MR) is 161 cm³/mol. The van der Waals surface area contributed by atoms with E-state index >= 15 is 0 Å². The first-order valence-corrected chi connectivity index (χ1v) is 13.6. The average Bonchev–Trinajstić information content (AvgIpc) is 3.40. The number of rotatable bonds is 13. The van der Waals surface area contributed by atoms with Crippen molar-refractivity contribution < 1.29 is 9.53 Å². The normalized spacial score (nSPS) is 17.7. The zero-order valence-corrected chi connectivity index (χ0v) is 23.4. The second-order valence-corrected chi connectivity index (χ2v) is 9.50. The lowest BCUT2D eigenvalue weighted by atomic mass is 9.97. The number of allylic oxidation sites excluding steroid dienone is 9. The third-order valence-corrected chi connectivity index (χ3v) is 6.34. The number of aromatic nitrogens is 3. The monoisotopic (exact) mass is 524 g/mol. The van der Waals surface area contributed by atoms with Crippen LogP contribution in [0.3, 0.4) is 0 Å². The second-order valence-electron chi connectivity index (χ2n) is 9.50. The summed E-state index contributed by atoms with van der Waals surface area (Å²) < 4.78 is 5.54. The first-order valence-electron chi connectivity index (χ1n) is 13.6. The number of nitrogens with one attached hydrogen (secondary N) is 2. The summed E-state index contributed by atoms with van der Waals surface area (Å²) in [4.78, 5) is 17.4. The van der Waals surface area contributed by atoms with Crippen LogP contribution in [0.5, 0.6) is 0 Å². The van der Waals surface area contributed by atoms with Crippen molar-refractivity contribution in [2.75, 3.05) is 19.7 Å². The largest absolute Gasteiger partial charge is 0.462 e. The van der Waals surface area contributed by atoms with Gasteiger partial charge in [-0.3, -0.25) is 10.1 Å². The van der Waals surface area contributed by atoms with Crippen LogP contribution in [0.4, 0.5) is 0 Å². The summed E-state index contributed by atoms with van der Waals surface area (Å²) in [5, 5.41) is 10.7. The molecule has 0 radical (unpaired) electrons. The summed E-state index contributed by atoms with van der Waals surface area (Å²) in [6.45, 7) is 16.6. The van der Waals surface area contributed by atoms with E-state index in [-0.39, 0.29) is 5.97 Å². The number of H-pyrrole nitrogens is 1. The minimum absolute atomic E-state index is 0.326. The molecule has 1 aliphatic carbocycles. The Morgan fingerprint density at radius 1 is 1.18 bits per heavy atom. The van der Waals surface area contributed by atoms with Crippen LogP contribution < -0.4 is 5.32 Å². The van der Waals surface area contributed by atoms with E-state index in [1.807, 2.05) is 68.5 Å². The van der Waals surface area contributed by atoms with Crippen LogP contribution in [-0.2, 0) is 9.53 Å². The molecule has 0 saturated carbocycles. The Hall–Kier alpha value is -4.03. The van der Waals surface area contributed by atoms with Gasteiger partial charge in [0.05, 0.1) is 29.8 Å². The van der Waals surface area contributed by atoms with Gasteiger partial charge < -0.3 is 10.1 Å². The van der Waals surface area contributed by atoms with Crippen molar-refractivity contribution in [2.24, 2.45) is 0 Å². The molecular weight excluding hydrogens is 484 g/mol. The smallest absolute Gasteiger partial charge is 0.337 e. The second kappa shape index (κ2) is 15.4. The molecule has 2 aromatic rings. The molecular formula is C33H40N4O2. The number of esters is 1. The average molecular weight is 525 g/mol. The molecule has 6 heteroatoms. The lowest BCUT2D eigenvalue weighted by molar-refractivity contribution is -0.138. The molecule has 0 aromatic carbocycles. The predicted octanol–water partition coefficient (Wildman–Crippen LogP) is 6.99. The van der Waals surface area contributed by atoms with Gasteiger partial charge in [0.15, 0.2) is 0 Å². The zero-order chi connectivity index (χ0) is 28.0. The number of nitrogens with zero attached hydrogens (tertiary/aromatic N) is 2. The van der Waals surface area contributed by atoms with Gasteiger partial charge >= 0.3 is 5.97 Å². The number of hydrogen-bond donors (Lipinski definition) is 2. The molecule has 39 heavy (non-hydrogen) atoms. The van der Waals surface area contributed by atoms with Gasteiger partial charge in [0.2, 0.25) is 0 Å². The van der Waals surface area contributed by atoms with Gasteiger partial charge in [-0.2, -0.15) is 5.10 Å². The SMILES string of the molecule is C=C(CCCNCCC)CCOC(=O)C(/C=C1/C=C/C=C(c2cn[nH]c2-c2cccc(C)n2)/C=C\C1=C)=C/C. The molecule has 1 aliphatic rings. The Morgan fingerprint density at radius 3 is 2.79 bits per heavy atom. The summed E-state index contributed by atoms with van der Waals surface area (Å²) in [6, 6.07) is 5.92. The molecule has 2 aromatic heterocycles. The summed E-state index contributed by atoms with van der Waals surface area (Å²) in [5.74, 6) is -0.348. The molecule has 204 valence electrons. The molecule has 0 spiro atoms. The van der Waals surface area contributed by atoms with Gasteiger partial charge in [0.25, 0.3) is 0 Å². The summed E-state index contributed by atoms with van der Waals surface area (Å²) >= 11 is 0. The Morgan fingerprint density at radius 2 is 2.03 bits per heavy atom. The number of carbonyl (C=O) groups is 1. The topological polar surface area (TPSA) is 79.9 Å². The van der Waals surface area contributed by atoms with Crippen molar-refractivity contribution in [3.05, 3.63) is 114 Å². The van der Waals surface area contributed by atoms with E-state index in [0.717, 1.165) is 77.3 Å². The van der Waals surface area contributed by atoms with Crippen molar-refractivity contribution in [2.45, 2.75) is 46.5 Å². The molecule has 2 heterocycles. The molecule has 3 rings (SSSR count). The van der Waals surface area contributed by atoms with Crippen molar-refractivity contribution in [1.82, 2.24) is 20.5 Å². The first-order chi connectivity index (χ1) is 18.9. The maximum Gasteiger partial charge on any atom is 0.337 e. The molecule has 0 atom stereocenters. The lowest BCUT2D eigenvalue weighted by Crippen LogP contribution is -2.16. The molecule has 0 aliphatic heterocycles. The number of hydrogen-bond acceptors (Lipinski definition) is 5. The van der Waals surface area contributed by atoms with Gasteiger partial charge in [-0.15, -0.1) is 0 Å². The van der Waals surface area contributed by atoms with E-state index in [9.17, 15) is 4.79 Å². The van der Waals surface area contributed by atoms with Crippen LogP contribution in [0.25, 0.3) is 17.0 Å². The minimum Gasteiger partial charge on any atom is -0.462 e. The number of pyridine rings is 1. The highest BCUT2D eigenvalue weighted by molar-refractivity contribution is 5.92. The summed E-state index contributed by atoms with van der Waals surface area (Å²) in [7, 11) is 0. The van der Waals surface area contributed by atoms with E-state index in [0.29, 0.717) is 18.6 Å². The zero-order valence-electron chi connectivity index (χ0n) is 23.4. The fraction of sp³-hybridized carbons (Fsp3) is 0.303. The van der Waals surface area contributed by atoms with Crippen LogP contribution in [0, 0.1) is 6.92 Å². The van der Waals surface area contributed by atoms with Crippen LogP contribution >= 0.6 is 0 Å². The third kappa shape index (κ3) is 9.04. The van der Waals surface area contributed by atoms with Crippen LogP contribution in [0.1, 0.15) is 50.8 Å². The van der Waals surface area contributed by atoms with Gasteiger partial charge in [-0.05, 0) is 81.1 Å². The molecule has 0 amide bonds. The van der Waals surface area contributed by atoms with Gasteiger partial charge in [-0.25, -0.2) is 4.79 Å². The van der Waals surface area contributed by atoms with Gasteiger partial charge in [-0.1, -0.05) is 68.2 Å². The highest BCUT2D eigenvalue weighted by atomic mass is 16.5. The highest BCUT2D eigenvalue weighted by Gasteiger charge is 2.14. The minimum atomic E-state index is -0.348. The number of aryl methyl sites for hydroxylation is 1. The summed E-state index contributed by atoms with van der Waals surface area (Å²) in [5.41, 5.74) is 7.78. The maximum absolute atomic E-state index is 12.8. The standard InChI is InChI=1S/C33H40N4O2/c1-6-19-34-20-10-11-24(3)18-21-39-33(38)27(7-2)22-29-14-9-13-28(17-16-25(29)4)30-23-35-37-32(30)31-15-8-12-26(5)36-31/h7-9,12-17,22-23,34H,3-4,6,10-11,18-21H2,1-2,5H3,(H,35,37)/b14-9+,17-16-,27-7+,28-13-,29-22-. The van der Waals surface area contributed by atoms with Gasteiger partial charge in [0, 0.05) is 17.7 Å². The van der Waals surface area contributed by atoms with Crippen LogP contribution in [0.15, 0.2) is 102 Å². The highest BCUT2D eigenvalue weighted by Crippen LogP contribution is 2.29. The van der Waals surface area contributed by atoms with Crippen molar-refractivity contribution in [3.63, 3.8) is 0 Å². The molecule has 2 N–H and O–H groups in total. The molecule has 0 fully saturated rings. The van der Waals surface area contributed by atoms with Crippen LogP contribution in [-0.4, -0.2) is 40.8 Å². The fourth-order valence-electron chi connectivity index (χ4n) is 4.10. The van der Waals surface area contributed by atoms with Crippen molar-refractivity contribution >= 4 is 11.5 Å². The third-order valence-electron chi connectivity index (χ3n) is 6.34. The first kappa shape index (κ1) is 29.5. The lowest BCUT2D eigenvalue weighted by Gasteiger charge is -2.10. The van der Waals surface area contributed by atoms with E-state index in [4.69, 9.17) is 4.74 Å². The quantitative estimate of drug-likeness (QED) is 0.128. The van der Waals surface area contributed by atoms with E-state index < -0.39 is 0 Å². The Labute approximate surface area is 232 Å². The molecule has 0 bridgehead atoms. The Balaban J connectivity index is 1.63. The van der Waals surface area contributed by atoms with Gasteiger partial charge in [0.1, 0.15) is 0 Å². The molecule has 0 saturated heterocycles. The summed E-state index contributed by atoms with van der Waals surface area (Å²) in [6.07, 6.45) is 19.0. The maximum atomic E-state index is 12.8. The molecule has 0 unspecified atom stereocenters. The number of aromatic amines is 1. The number of ether oxygens (including phenoxy) is 1. The fourth-order valence-corrected chi connectivity index (χ4v) is 4.10. The van der Waals surface area contributed by atoms with Crippen molar-refractivity contribution in [3.8, 4) is 11.4 Å². The Bertz CT molecular complexity index is 1320. The molecule has 6 nitrogen and oxygen atoms in total. The Kier molecular flexibility index (Phi) is 11.7. The van der Waals surface area contributed by atoms with Crippen molar-refractivity contribution in [1.29, 1.82) is 0 Å². The van der Waals surface area contributed by atoms with E-state index in [2.05, 4.69) is 40.6 Å². The van der Waals surface area contributed by atoms with E-state index in [1.54, 1.807) is 12.3 Å².